The maximum absolute atomic E-state index is 4.49. The van der Waals surface area contributed by atoms with Gasteiger partial charge < -0.3 is 10.3 Å². The molecule has 2 aromatic carbocycles. The summed E-state index contributed by atoms with van der Waals surface area (Å²) < 4.78 is 0. The van der Waals surface area contributed by atoms with E-state index in [1.54, 1.807) is 0 Å². The van der Waals surface area contributed by atoms with Gasteiger partial charge in [0.2, 0.25) is 0 Å². The zero-order valence-electron chi connectivity index (χ0n) is 13.1. The van der Waals surface area contributed by atoms with Crippen LogP contribution in [0.5, 0.6) is 0 Å². The minimum absolute atomic E-state index is 0.343. The number of hydrogen-bond donors (Lipinski definition) is 2. The summed E-state index contributed by atoms with van der Waals surface area (Å²) in [5.74, 6) is 0.993. The zero-order valence-corrected chi connectivity index (χ0v) is 13.1. The maximum atomic E-state index is 4.49. The van der Waals surface area contributed by atoms with Gasteiger partial charge in [0.15, 0.2) is 0 Å². The van der Waals surface area contributed by atoms with Gasteiger partial charge in [-0.1, -0.05) is 60.7 Å². The number of benzene rings is 2. The molecule has 1 aliphatic rings. The molecule has 2 N–H and O–H groups in total. The average molecular weight is 303 g/mol. The van der Waals surface area contributed by atoms with Gasteiger partial charge in [-0.25, -0.2) is 4.98 Å². The van der Waals surface area contributed by atoms with Crippen molar-refractivity contribution in [3.05, 3.63) is 78.2 Å². The lowest BCUT2D eigenvalue weighted by Crippen LogP contribution is -2.26. The van der Waals surface area contributed by atoms with E-state index in [2.05, 4.69) is 57.7 Å². The summed E-state index contributed by atoms with van der Waals surface area (Å²) in [7, 11) is 0. The number of nitrogens with zero attached hydrogens (tertiary/aromatic N) is 1. The van der Waals surface area contributed by atoms with E-state index in [-0.39, 0.29) is 0 Å². The molecule has 4 rings (SSSR count). The molecule has 0 amide bonds. The van der Waals surface area contributed by atoms with E-state index < -0.39 is 0 Å². The normalized spacial score (nSPS) is 15.5. The SMILES string of the molecule is c1ccc(-c2cnc(CNCC3(c4ccccc4)CC3)[nH]2)cc1. The van der Waals surface area contributed by atoms with Gasteiger partial charge in [0.1, 0.15) is 5.82 Å². The second-order valence-corrected chi connectivity index (χ2v) is 6.36. The quantitative estimate of drug-likeness (QED) is 0.725. The van der Waals surface area contributed by atoms with Crippen LogP contribution in [-0.4, -0.2) is 16.5 Å². The molecular weight excluding hydrogens is 282 g/mol. The van der Waals surface area contributed by atoms with E-state index in [9.17, 15) is 0 Å². The Morgan fingerprint density at radius 1 is 0.957 bits per heavy atom. The number of imidazole rings is 1. The number of aromatic nitrogens is 2. The Hall–Kier alpha value is -2.39. The first-order chi connectivity index (χ1) is 11.4. The molecule has 0 spiro atoms. The van der Waals surface area contributed by atoms with Gasteiger partial charge >= 0.3 is 0 Å². The Morgan fingerprint density at radius 3 is 2.35 bits per heavy atom. The number of nitrogens with one attached hydrogen (secondary N) is 2. The van der Waals surface area contributed by atoms with E-state index in [0.717, 1.165) is 24.6 Å². The number of rotatable bonds is 6. The lowest BCUT2D eigenvalue weighted by atomic mass is 9.96. The molecule has 3 nitrogen and oxygen atoms in total. The van der Waals surface area contributed by atoms with E-state index in [1.807, 2.05) is 24.4 Å². The van der Waals surface area contributed by atoms with Crippen LogP contribution in [0.15, 0.2) is 66.9 Å². The molecule has 0 aliphatic heterocycles. The summed E-state index contributed by atoms with van der Waals surface area (Å²) in [5, 5.41) is 3.57. The highest BCUT2D eigenvalue weighted by Gasteiger charge is 2.43. The largest absolute Gasteiger partial charge is 0.341 e. The van der Waals surface area contributed by atoms with Crippen LogP contribution in [0.1, 0.15) is 24.2 Å². The molecule has 0 saturated heterocycles. The van der Waals surface area contributed by atoms with Gasteiger partial charge in [0, 0.05) is 12.0 Å². The molecule has 0 atom stereocenters. The molecule has 1 aliphatic carbocycles. The Kier molecular flexibility index (Phi) is 3.72. The molecule has 1 heterocycles. The first-order valence-corrected chi connectivity index (χ1v) is 8.21. The Balaban J connectivity index is 1.37. The first-order valence-electron chi connectivity index (χ1n) is 8.21. The Morgan fingerprint density at radius 2 is 1.65 bits per heavy atom. The van der Waals surface area contributed by atoms with E-state index in [1.165, 1.54) is 24.0 Å². The first kappa shape index (κ1) is 14.2. The summed E-state index contributed by atoms with van der Waals surface area (Å²) in [6.45, 7) is 1.79. The predicted molar refractivity (Wildman–Crippen MR) is 93.1 cm³/mol. The molecule has 0 bridgehead atoms. The second-order valence-electron chi connectivity index (χ2n) is 6.36. The fourth-order valence-corrected chi connectivity index (χ4v) is 3.15. The van der Waals surface area contributed by atoms with Crippen LogP contribution >= 0.6 is 0 Å². The van der Waals surface area contributed by atoms with Gasteiger partial charge in [0.25, 0.3) is 0 Å². The van der Waals surface area contributed by atoms with Crippen molar-refractivity contribution in [3.63, 3.8) is 0 Å². The van der Waals surface area contributed by atoms with Gasteiger partial charge in [-0.05, 0) is 24.0 Å². The highest BCUT2D eigenvalue weighted by molar-refractivity contribution is 5.57. The van der Waals surface area contributed by atoms with Gasteiger partial charge in [-0.2, -0.15) is 0 Å². The summed E-state index contributed by atoms with van der Waals surface area (Å²) in [6, 6.07) is 21.2. The lowest BCUT2D eigenvalue weighted by molar-refractivity contribution is 0.565. The van der Waals surface area contributed by atoms with Crippen molar-refractivity contribution in [3.8, 4) is 11.3 Å². The van der Waals surface area contributed by atoms with E-state index in [4.69, 9.17) is 0 Å². The van der Waals surface area contributed by atoms with Crippen LogP contribution in [0.2, 0.25) is 0 Å². The van der Waals surface area contributed by atoms with Crippen molar-refractivity contribution in [2.75, 3.05) is 6.54 Å². The van der Waals surface area contributed by atoms with Crippen LogP contribution in [0.3, 0.4) is 0 Å². The molecule has 23 heavy (non-hydrogen) atoms. The molecule has 116 valence electrons. The third-order valence-electron chi connectivity index (χ3n) is 4.71. The summed E-state index contributed by atoms with van der Waals surface area (Å²) in [4.78, 5) is 7.89. The predicted octanol–water partition coefficient (Wildman–Crippen LogP) is 3.90. The maximum Gasteiger partial charge on any atom is 0.120 e. The summed E-state index contributed by atoms with van der Waals surface area (Å²) in [5.41, 5.74) is 4.05. The molecule has 3 heteroatoms. The number of aromatic amines is 1. The van der Waals surface area contributed by atoms with Crippen LogP contribution in [0.25, 0.3) is 11.3 Å². The fraction of sp³-hybridized carbons (Fsp3) is 0.250. The molecular formula is C20H21N3. The molecule has 0 unspecified atom stereocenters. The summed E-state index contributed by atoms with van der Waals surface area (Å²) >= 11 is 0. The molecule has 3 aromatic rings. The highest BCUT2D eigenvalue weighted by Crippen LogP contribution is 2.47. The van der Waals surface area contributed by atoms with Crippen molar-refractivity contribution in [2.45, 2.75) is 24.8 Å². The zero-order chi connectivity index (χ0) is 15.5. The number of hydrogen-bond acceptors (Lipinski definition) is 2. The number of H-pyrrole nitrogens is 1. The van der Waals surface area contributed by atoms with Crippen molar-refractivity contribution in [2.24, 2.45) is 0 Å². The van der Waals surface area contributed by atoms with Crippen LogP contribution in [-0.2, 0) is 12.0 Å². The monoisotopic (exact) mass is 303 g/mol. The minimum atomic E-state index is 0.343. The standard InChI is InChI=1S/C20H21N3/c1-3-7-16(8-4-1)18-13-22-19(23-18)14-21-15-20(11-12-20)17-9-5-2-6-10-17/h1-10,13,21H,11-12,14-15H2,(H,22,23). The Labute approximate surface area is 136 Å². The van der Waals surface area contributed by atoms with Crippen LogP contribution < -0.4 is 5.32 Å². The third kappa shape index (κ3) is 3.06. The van der Waals surface area contributed by atoms with Crippen molar-refractivity contribution in [1.29, 1.82) is 0 Å². The highest BCUT2D eigenvalue weighted by atomic mass is 15.0. The van der Waals surface area contributed by atoms with Crippen molar-refractivity contribution < 1.29 is 0 Å². The van der Waals surface area contributed by atoms with Crippen LogP contribution in [0.4, 0.5) is 0 Å². The fourth-order valence-electron chi connectivity index (χ4n) is 3.15. The second kappa shape index (κ2) is 6.01. The lowest BCUT2D eigenvalue weighted by Gasteiger charge is -2.16. The van der Waals surface area contributed by atoms with Gasteiger partial charge in [-0.15, -0.1) is 0 Å². The average Bonchev–Trinajstić information content (AvgIpc) is 3.26. The topological polar surface area (TPSA) is 40.7 Å². The van der Waals surface area contributed by atoms with Crippen molar-refractivity contribution >= 4 is 0 Å². The molecule has 1 aromatic heterocycles. The molecule has 1 fully saturated rings. The minimum Gasteiger partial charge on any atom is -0.341 e. The smallest absolute Gasteiger partial charge is 0.120 e. The van der Waals surface area contributed by atoms with Gasteiger partial charge in [0.05, 0.1) is 18.4 Å². The van der Waals surface area contributed by atoms with Crippen molar-refractivity contribution in [1.82, 2.24) is 15.3 Å². The van der Waals surface area contributed by atoms with Gasteiger partial charge in [-0.3, -0.25) is 0 Å². The Bertz CT molecular complexity index is 758. The molecule has 1 saturated carbocycles. The third-order valence-corrected chi connectivity index (χ3v) is 4.71. The van der Waals surface area contributed by atoms with E-state index >= 15 is 0 Å². The van der Waals surface area contributed by atoms with Crippen LogP contribution in [0, 0.1) is 0 Å². The molecule has 0 radical (unpaired) electrons. The van der Waals surface area contributed by atoms with E-state index in [0.29, 0.717) is 5.41 Å². The summed E-state index contributed by atoms with van der Waals surface area (Å²) in [6.07, 6.45) is 4.46.